The van der Waals surface area contributed by atoms with Crippen LogP contribution < -0.4 is 21.4 Å². The number of β-lactam (4-membered cyclic amide) rings is 1. The summed E-state index contributed by atoms with van der Waals surface area (Å²) in [5, 5.41) is 24.6. The number of aliphatic carboxylic acids is 2. The van der Waals surface area contributed by atoms with E-state index in [0.717, 1.165) is 21.8 Å². The number of halogens is 1. The lowest BCUT2D eigenvalue weighted by Crippen LogP contribution is -2.71. The van der Waals surface area contributed by atoms with E-state index in [0.29, 0.717) is 17.0 Å². The number of nitrogens with one attached hydrogen (secondary N) is 1. The number of aromatic nitrogens is 4. The van der Waals surface area contributed by atoms with E-state index in [2.05, 4.69) is 20.4 Å². The number of amides is 2. The first kappa shape index (κ1) is 29.1. The molecule has 7 N–H and O–H groups in total. The van der Waals surface area contributed by atoms with Gasteiger partial charge in [-0.15, -0.1) is 11.8 Å². The number of nitrogen functional groups attached to an aromatic ring is 2. The maximum absolute atomic E-state index is 13.2. The maximum atomic E-state index is 13.2. The van der Waals surface area contributed by atoms with Gasteiger partial charge in [0.2, 0.25) is 12.1 Å². The van der Waals surface area contributed by atoms with Gasteiger partial charge in [-0.3, -0.25) is 14.5 Å². The van der Waals surface area contributed by atoms with Crippen LogP contribution in [0, 0.1) is 0 Å². The van der Waals surface area contributed by atoms with Crippen molar-refractivity contribution in [2.75, 3.05) is 17.2 Å². The Morgan fingerprint density at radius 1 is 1.33 bits per heavy atom. The van der Waals surface area contributed by atoms with E-state index in [9.17, 15) is 24.3 Å². The Morgan fingerprint density at radius 2 is 2.07 bits per heavy atom. The van der Waals surface area contributed by atoms with E-state index in [1.165, 1.54) is 18.7 Å². The third-order valence-electron chi connectivity index (χ3n) is 6.52. The monoisotopic (exact) mass is 636 g/mol. The zero-order valence-electron chi connectivity index (χ0n) is 21.8. The Morgan fingerprint density at radius 3 is 2.71 bits per heavy atom. The number of carbonyl (C=O) groups is 4. The van der Waals surface area contributed by atoms with Gasteiger partial charge in [0.1, 0.15) is 38.2 Å². The molecular formula is C23H23ClN9O7S2+. The molecule has 0 radical (unpaired) electrons. The number of hydrogen-bond donors (Lipinski definition) is 5. The summed E-state index contributed by atoms with van der Waals surface area (Å²) in [5.41, 5.74) is 12.7. The molecule has 0 aliphatic carbocycles. The zero-order valence-corrected chi connectivity index (χ0v) is 24.2. The van der Waals surface area contributed by atoms with Gasteiger partial charge < -0.3 is 36.4 Å². The van der Waals surface area contributed by atoms with Gasteiger partial charge >= 0.3 is 11.9 Å². The van der Waals surface area contributed by atoms with Gasteiger partial charge in [-0.25, -0.2) is 19.6 Å². The van der Waals surface area contributed by atoms with Crippen molar-refractivity contribution in [2.24, 2.45) is 12.2 Å². The van der Waals surface area contributed by atoms with Gasteiger partial charge in [0, 0.05) is 24.4 Å². The average Bonchev–Trinajstić information content (AvgIpc) is 3.42. The first-order valence-corrected chi connectivity index (χ1v) is 14.3. The van der Waals surface area contributed by atoms with Crippen molar-refractivity contribution in [1.29, 1.82) is 0 Å². The largest absolute Gasteiger partial charge is 0.478 e. The van der Waals surface area contributed by atoms with Crippen molar-refractivity contribution in [3.05, 3.63) is 39.8 Å². The second-order valence-electron chi connectivity index (χ2n) is 9.24. The quantitative estimate of drug-likeness (QED) is 0.0887. The molecule has 3 atom stereocenters. The fourth-order valence-corrected chi connectivity index (χ4v) is 6.62. The Balaban J connectivity index is 1.38. The summed E-state index contributed by atoms with van der Waals surface area (Å²) in [6.07, 6.45) is 2.12. The first-order chi connectivity index (χ1) is 19.9. The van der Waals surface area contributed by atoms with Crippen molar-refractivity contribution >= 4 is 86.3 Å². The van der Waals surface area contributed by atoms with Gasteiger partial charge in [0.25, 0.3) is 11.8 Å². The minimum atomic E-state index is -1.41. The molecule has 0 bridgehead atoms. The number of rotatable bonds is 9. The number of aryl methyl sites for hydroxylation is 1. The summed E-state index contributed by atoms with van der Waals surface area (Å²) in [6.45, 7) is 1.38. The number of fused-ring (bicyclic) bond motifs is 2. The topological polar surface area (TPSA) is 232 Å². The van der Waals surface area contributed by atoms with E-state index in [1.54, 1.807) is 34.6 Å². The molecule has 2 aliphatic rings. The number of anilines is 2. The molecule has 220 valence electrons. The highest BCUT2D eigenvalue weighted by atomic mass is 35.5. The average molecular weight is 637 g/mol. The molecule has 3 aromatic heterocycles. The minimum Gasteiger partial charge on any atom is -0.478 e. The molecule has 2 amide bonds. The van der Waals surface area contributed by atoms with Crippen LogP contribution in [0.1, 0.15) is 12.6 Å². The number of thioether (sulfide) groups is 1. The number of carboxylic acids is 2. The number of oxime groups is 1. The molecule has 0 aromatic carbocycles. The van der Waals surface area contributed by atoms with Crippen molar-refractivity contribution in [2.45, 2.75) is 31.0 Å². The lowest BCUT2D eigenvalue weighted by atomic mass is 10.0. The third kappa shape index (κ3) is 5.19. The van der Waals surface area contributed by atoms with Gasteiger partial charge in [-0.05, 0) is 6.92 Å². The van der Waals surface area contributed by atoms with E-state index >= 15 is 0 Å². The van der Waals surface area contributed by atoms with Crippen LogP contribution in [-0.4, -0.2) is 82.4 Å². The summed E-state index contributed by atoms with van der Waals surface area (Å²) in [7, 11) is 1.76. The van der Waals surface area contributed by atoms with Crippen LogP contribution in [0.5, 0.6) is 0 Å². The Kier molecular flexibility index (Phi) is 7.69. The lowest BCUT2D eigenvalue weighted by Gasteiger charge is -2.49. The molecule has 0 spiro atoms. The maximum Gasteiger partial charge on any atom is 0.352 e. The van der Waals surface area contributed by atoms with E-state index in [1.807, 2.05) is 0 Å². The minimum absolute atomic E-state index is 0.00758. The molecule has 3 aromatic rings. The molecule has 16 nitrogen and oxygen atoms in total. The van der Waals surface area contributed by atoms with E-state index < -0.39 is 47.0 Å². The van der Waals surface area contributed by atoms with Crippen LogP contribution in [-0.2, 0) is 37.6 Å². The number of hydrogen-bond acceptors (Lipinski definition) is 12. The number of carboxylic acid groups (broad SMARTS) is 2. The molecule has 19 heteroatoms. The van der Waals surface area contributed by atoms with Crippen LogP contribution in [0.4, 0.5) is 11.1 Å². The van der Waals surface area contributed by atoms with Crippen molar-refractivity contribution in [3.8, 4) is 0 Å². The van der Waals surface area contributed by atoms with Crippen LogP contribution in [0.25, 0.3) is 11.0 Å². The predicted octanol–water partition coefficient (Wildman–Crippen LogP) is -0.232. The van der Waals surface area contributed by atoms with E-state index in [-0.39, 0.29) is 33.2 Å². The molecular weight excluding hydrogens is 614 g/mol. The number of carbonyl (C=O) groups excluding carboxylic acids is 2. The lowest BCUT2D eigenvalue weighted by molar-refractivity contribution is -0.687. The zero-order chi connectivity index (χ0) is 30.5. The van der Waals surface area contributed by atoms with Gasteiger partial charge in [0.05, 0.1) is 0 Å². The van der Waals surface area contributed by atoms with Crippen LogP contribution >= 0.6 is 34.7 Å². The summed E-state index contributed by atoms with van der Waals surface area (Å²) in [5.74, 6) is -3.63. The normalized spacial score (nSPS) is 19.4. The van der Waals surface area contributed by atoms with Crippen molar-refractivity contribution in [1.82, 2.24) is 24.8 Å². The second kappa shape index (κ2) is 11.1. The molecule has 42 heavy (non-hydrogen) atoms. The van der Waals surface area contributed by atoms with Crippen LogP contribution in [0.3, 0.4) is 0 Å². The highest BCUT2D eigenvalue weighted by Gasteiger charge is 2.55. The Hall–Kier alpha value is -4.42. The highest BCUT2D eigenvalue weighted by Crippen LogP contribution is 2.40. The molecule has 1 fully saturated rings. The summed E-state index contributed by atoms with van der Waals surface area (Å²) >= 11 is 8.27. The predicted molar refractivity (Wildman–Crippen MR) is 151 cm³/mol. The molecule has 2 aliphatic heterocycles. The second-order valence-corrected chi connectivity index (χ2v) is 12.0. The number of nitrogens with two attached hydrogens (primary N) is 2. The highest BCUT2D eigenvalue weighted by molar-refractivity contribution is 8.00. The Bertz CT molecular complexity index is 1720. The number of pyridine rings is 1. The standard InChI is InChI=1S/C23H22ClN9O7S2/c1-8(20(36)37)40-30-13(12-16(24)42-23(26)29-12)17(34)28-14-18(35)33-15(21(38)39)9(7-41-19(14)33)5-32-4-3-10-11(6-32)31(2)22(25)27-10/h3-4,6,8,14,19,25H,5,7H2,1-2H3,(H5,26,28,29,34,36,37,38,39)/p+1/b30-13-/t8-,14?,19+/m0/s1. The van der Waals surface area contributed by atoms with Crippen LogP contribution in [0.2, 0.25) is 4.34 Å². The van der Waals surface area contributed by atoms with Gasteiger partial charge in [-0.2, -0.15) is 4.57 Å². The van der Waals surface area contributed by atoms with Gasteiger partial charge in [-0.1, -0.05) is 28.1 Å². The fourth-order valence-electron chi connectivity index (χ4n) is 4.36. The molecule has 1 unspecified atom stereocenters. The molecule has 5 heterocycles. The first-order valence-electron chi connectivity index (χ1n) is 12.1. The molecule has 1 saturated heterocycles. The van der Waals surface area contributed by atoms with Crippen molar-refractivity contribution in [3.63, 3.8) is 0 Å². The van der Waals surface area contributed by atoms with Crippen LogP contribution in [0.15, 0.2) is 34.9 Å². The summed E-state index contributed by atoms with van der Waals surface area (Å²) < 4.78 is 3.47. The van der Waals surface area contributed by atoms with E-state index in [4.69, 9.17) is 33.0 Å². The Labute approximate surface area is 249 Å². The van der Waals surface area contributed by atoms with Crippen molar-refractivity contribution < 1.29 is 38.8 Å². The number of imidazole rings is 1. The third-order valence-corrected chi connectivity index (χ3v) is 8.94. The smallest absolute Gasteiger partial charge is 0.352 e. The fraction of sp³-hybridized carbons (Fsp3) is 0.304. The SMILES string of the molecule is C[C@H](O/N=C(\C(=O)NC1C(=O)N2C(C(=O)O)=C(C[n+]3ccc4nc(N)n(C)c4c3)CS[C@H]12)c1nc(N)sc1Cl)C(=O)O. The summed E-state index contributed by atoms with van der Waals surface area (Å²) in [4.78, 5) is 64.2. The van der Waals surface area contributed by atoms with Gasteiger partial charge in [0.15, 0.2) is 29.8 Å². The summed E-state index contributed by atoms with van der Waals surface area (Å²) in [6, 6.07) is 0.644. The molecule has 0 saturated carbocycles. The molecule has 5 rings (SSSR count). The number of nitrogens with zero attached hydrogens (tertiary/aromatic N) is 6. The number of thiazole rings is 1.